The Kier molecular flexibility index (Phi) is 4.88. The van der Waals surface area contributed by atoms with E-state index in [9.17, 15) is 9.59 Å². The van der Waals surface area contributed by atoms with Crippen LogP contribution >= 0.6 is 0 Å². The number of hydrogen-bond acceptors (Lipinski definition) is 2. The third-order valence-electron chi connectivity index (χ3n) is 4.94. The number of nitrogens with zero attached hydrogens (tertiary/aromatic N) is 2. The predicted octanol–water partition coefficient (Wildman–Crippen LogP) is 3.31. The van der Waals surface area contributed by atoms with E-state index >= 15 is 0 Å². The molecule has 2 amide bonds. The Morgan fingerprint density at radius 2 is 1.84 bits per heavy atom. The van der Waals surface area contributed by atoms with Gasteiger partial charge >= 0.3 is 0 Å². The lowest BCUT2D eigenvalue weighted by Gasteiger charge is -2.21. The Bertz CT molecular complexity index is 786. The minimum atomic E-state index is -0.574. The molecule has 4 heteroatoms. The minimum absolute atomic E-state index is 0.0897. The second kappa shape index (κ2) is 7.09. The van der Waals surface area contributed by atoms with Gasteiger partial charge in [-0.3, -0.25) is 9.59 Å². The maximum absolute atomic E-state index is 12.8. The molecule has 1 saturated heterocycles. The first-order chi connectivity index (χ1) is 12.0. The van der Waals surface area contributed by atoms with Gasteiger partial charge in [0.25, 0.3) is 0 Å². The number of carbonyl (C=O) groups is 2. The van der Waals surface area contributed by atoms with Crippen LogP contribution in [0.4, 0.5) is 5.69 Å². The fourth-order valence-electron chi connectivity index (χ4n) is 3.26. The number of rotatable bonds is 4. The molecule has 0 radical (unpaired) electrons. The van der Waals surface area contributed by atoms with Gasteiger partial charge in [-0.2, -0.15) is 0 Å². The monoisotopic (exact) mass is 336 g/mol. The highest BCUT2D eigenvalue weighted by atomic mass is 16.2. The molecule has 1 heterocycles. The number of aryl methyl sites for hydroxylation is 2. The van der Waals surface area contributed by atoms with Crippen LogP contribution in [0.5, 0.6) is 0 Å². The molecule has 1 atom stereocenters. The zero-order valence-electron chi connectivity index (χ0n) is 15.0. The number of benzene rings is 2. The lowest BCUT2D eigenvalue weighted by molar-refractivity contribution is -0.139. The summed E-state index contributed by atoms with van der Waals surface area (Å²) in [6.07, 6.45) is 0.573. The zero-order chi connectivity index (χ0) is 18.0. The molecular weight excluding hydrogens is 312 g/mol. The summed E-state index contributed by atoms with van der Waals surface area (Å²) in [5.41, 5.74) is 4.30. The Labute approximate surface area is 149 Å². The molecule has 1 aliphatic heterocycles. The highest BCUT2D eigenvalue weighted by Crippen LogP contribution is 2.28. The Balaban J connectivity index is 1.70. The van der Waals surface area contributed by atoms with Crippen molar-refractivity contribution in [3.05, 3.63) is 65.2 Å². The molecule has 1 fully saturated rings. The number of carbonyl (C=O) groups excluding carboxylic acids is 2. The van der Waals surface area contributed by atoms with Crippen LogP contribution < -0.4 is 4.90 Å². The molecule has 3 rings (SSSR count). The van der Waals surface area contributed by atoms with Gasteiger partial charge in [0.15, 0.2) is 0 Å². The molecule has 1 aliphatic rings. The van der Waals surface area contributed by atoms with Crippen molar-refractivity contribution in [1.29, 1.82) is 0 Å². The summed E-state index contributed by atoms with van der Waals surface area (Å²) >= 11 is 0. The summed E-state index contributed by atoms with van der Waals surface area (Å²) < 4.78 is 0. The normalized spacial score (nSPS) is 17.0. The molecule has 0 spiro atoms. The van der Waals surface area contributed by atoms with Gasteiger partial charge in [-0.1, -0.05) is 36.4 Å². The van der Waals surface area contributed by atoms with Crippen molar-refractivity contribution < 1.29 is 9.59 Å². The molecule has 4 nitrogen and oxygen atoms in total. The standard InChI is InChI=1S/C21H24N2O2/c1-15-9-10-18(13-16(15)2)23-12-11-19(21(23)25)20(24)22(3)14-17-7-5-4-6-8-17/h4-10,13,19H,11-12,14H2,1-3H3. The van der Waals surface area contributed by atoms with Crippen molar-refractivity contribution in [2.24, 2.45) is 5.92 Å². The maximum atomic E-state index is 12.8. The quantitative estimate of drug-likeness (QED) is 0.804. The topological polar surface area (TPSA) is 40.6 Å². The summed E-state index contributed by atoms with van der Waals surface area (Å²) in [6.45, 7) is 5.20. The Morgan fingerprint density at radius 1 is 1.12 bits per heavy atom. The van der Waals surface area contributed by atoms with Crippen LogP contribution in [0.2, 0.25) is 0 Å². The van der Waals surface area contributed by atoms with Crippen LogP contribution in [0, 0.1) is 19.8 Å². The second-order valence-electron chi connectivity index (χ2n) is 6.78. The second-order valence-corrected chi connectivity index (χ2v) is 6.78. The van der Waals surface area contributed by atoms with Gasteiger partial charge < -0.3 is 9.80 Å². The van der Waals surface area contributed by atoms with Crippen molar-refractivity contribution in [2.75, 3.05) is 18.5 Å². The molecule has 0 aromatic heterocycles. The molecule has 0 saturated carbocycles. The Hall–Kier alpha value is -2.62. The average molecular weight is 336 g/mol. The van der Waals surface area contributed by atoms with Gasteiger partial charge in [0, 0.05) is 25.8 Å². The fourth-order valence-corrected chi connectivity index (χ4v) is 3.26. The largest absolute Gasteiger partial charge is 0.341 e. The summed E-state index contributed by atoms with van der Waals surface area (Å²) in [5, 5.41) is 0. The highest BCUT2D eigenvalue weighted by Gasteiger charge is 2.39. The molecule has 130 valence electrons. The zero-order valence-corrected chi connectivity index (χ0v) is 15.0. The first-order valence-corrected chi connectivity index (χ1v) is 8.65. The van der Waals surface area contributed by atoms with Crippen molar-refractivity contribution in [3.8, 4) is 0 Å². The lowest BCUT2D eigenvalue weighted by atomic mass is 10.1. The summed E-state index contributed by atoms with van der Waals surface area (Å²) in [7, 11) is 1.77. The SMILES string of the molecule is Cc1ccc(N2CCC(C(=O)N(C)Cc3ccccc3)C2=O)cc1C. The van der Waals surface area contributed by atoms with Crippen molar-refractivity contribution in [1.82, 2.24) is 4.90 Å². The van der Waals surface area contributed by atoms with Crippen LogP contribution in [-0.4, -0.2) is 30.3 Å². The van der Waals surface area contributed by atoms with Crippen LogP contribution in [-0.2, 0) is 16.1 Å². The summed E-state index contributed by atoms with van der Waals surface area (Å²) in [4.78, 5) is 28.9. The van der Waals surface area contributed by atoms with E-state index in [4.69, 9.17) is 0 Å². The van der Waals surface area contributed by atoms with E-state index in [0.29, 0.717) is 19.5 Å². The third-order valence-corrected chi connectivity index (χ3v) is 4.94. The van der Waals surface area contributed by atoms with Gasteiger partial charge in [-0.05, 0) is 49.1 Å². The Morgan fingerprint density at radius 3 is 2.52 bits per heavy atom. The molecule has 0 N–H and O–H groups in total. The van der Waals surface area contributed by atoms with Gasteiger partial charge in [0.05, 0.1) is 0 Å². The third kappa shape index (κ3) is 3.58. The van der Waals surface area contributed by atoms with Crippen LogP contribution in [0.15, 0.2) is 48.5 Å². The maximum Gasteiger partial charge on any atom is 0.239 e. The summed E-state index contributed by atoms with van der Waals surface area (Å²) in [6, 6.07) is 15.8. The van der Waals surface area contributed by atoms with Gasteiger partial charge in [0.2, 0.25) is 11.8 Å². The van der Waals surface area contributed by atoms with Crippen molar-refractivity contribution in [3.63, 3.8) is 0 Å². The first kappa shape index (κ1) is 17.2. The van der Waals surface area contributed by atoms with Gasteiger partial charge in [-0.25, -0.2) is 0 Å². The fraction of sp³-hybridized carbons (Fsp3) is 0.333. The first-order valence-electron chi connectivity index (χ1n) is 8.65. The number of amides is 2. The van der Waals surface area contributed by atoms with Crippen molar-refractivity contribution >= 4 is 17.5 Å². The van der Waals surface area contributed by atoms with Gasteiger partial charge in [0.1, 0.15) is 5.92 Å². The van der Waals surface area contributed by atoms with Crippen LogP contribution in [0.1, 0.15) is 23.1 Å². The highest BCUT2D eigenvalue weighted by molar-refractivity contribution is 6.09. The molecule has 1 unspecified atom stereocenters. The predicted molar refractivity (Wildman–Crippen MR) is 99.3 cm³/mol. The number of hydrogen-bond donors (Lipinski definition) is 0. The van der Waals surface area contributed by atoms with E-state index in [1.54, 1.807) is 16.8 Å². The number of anilines is 1. The molecular formula is C21H24N2O2. The van der Waals surface area contributed by atoms with Crippen LogP contribution in [0.25, 0.3) is 0 Å². The van der Waals surface area contributed by atoms with E-state index in [0.717, 1.165) is 16.8 Å². The lowest BCUT2D eigenvalue weighted by Crippen LogP contribution is -2.37. The van der Waals surface area contributed by atoms with Crippen LogP contribution in [0.3, 0.4) is 0 Å². The molecule has 0 bridgehead atoms. The summed E-state index contributed by atoms with van der Waals surface area (Å²) in [5.74, 6) is -0.760. The van der Waals surface area contributed by atoms with Gasteiger partial charge in [-0.15, -0.1) is 0 Å². The molecule has 2 aromatic rings. The molecule has 2 aromatic carbocycles. The average Bonchev–Trinajstić information content (AvgIpc) is 2.99. The smallest absolute Gasteiger partial charge is 0.239 e. The van der Waals surface area contributed by atoms with E-state index in [1.807, 2.05) is 55.5 Å². The minimum Gasteiger partial charge on any atom is -0.341 e. The van der Waals surface area contributed by atoms with E-state index in [2.05, 4.69) is 6.92 Å². The van der Waals surface area contributed by atoms with E-state index in [1.165, 1.54) is 5.56 Å². The van der Waals surface area contributed by atoms with E-state index in [-0.39, 0.29) is 11.8 Å². The van der Waals surface area contributed by atoms with Crippen molar-refractivity contribution in [2.45, 2.75) is 26.8 Å². The molecule has 0 aliphatic carbocycles. The van der Waals surface area contributed by atoms with E-state index < -0.39 is 5.92 Å². The molecule has 25 heavy (non-hydrogen) atoms.